The van der Waals surface area contributed by atoms with Gasteiger partial charge in [-0.1, -0.05) is 89.6 Å². The van der Waals surface area contributed by atoms with Gasteiger partial charge in [-0.15, -0.1) is 38.5 Å². The number of likely N-dealkylation sites (N-methyl/N-ethyl adjacent to an activating group) is 1. The van der Waals surface area contributed by atoms with Crippen molar-refractivity contribution in [2.45, 2.75) is 87.2 Å². The Labute approximate surface area is 401 Å². The number of H-pyrrole nitrogens is 1. The molecule has 15 nitrogen and oxygen atoms in total. The van der Waals surface area contributed by atoms with Gasteiger partial charge in [0.05, 0.1) is 32.7 Å². The highest BCUT2D eigenvalue weighted by Crippen LogP contribution is 2.19. The van der Waals surface area contributed by atoms with E-state index in [4.69, 9.17) is 0 Å². The van der Waals surface area contributed by atoms with Crippen LogP contribution in [0.4, 0.5) is 9.59 Å². The molecule has 5 amide bonds. The standard InChI is InChI=1S/C40H52N8O7.2C3H8.3C2H2/c1-8-20-47(37(50)24-42-39(52)54-6)26-28(3)44-34(9-2)32-16-12-30(13-17-32)10-11-31-14-18-33(19-15-31)35-23-41-36(45-35)27-48(22-21-46(5)29(4)49)38(51)25-43-40(53)55-7;2*1-3-2;3*1-2/h9,12-19,23,28,44H,8,20-22,24-27H2,1-7H3,(H,41,45)(H,42,52)(H,43,53);2*3H2,1-2H3;3*1-2H/b34-9-;;;;;. The molecule has 1 aromatic heterocycles. The molecule has 364 valence electrons. The fourth-order valence-electron chi connectivity index (χ4n) is 5.33. The molecule has 0 aliphatic rings. The SMILES string of the molecule is C#C.C#C.C#C.C/C=C(\NC(C)CN(CCC)C(=O)CNC(=O)OC)c1ccc(C#Cc2ccc(-c3cnc(CN(CCN(C)C(C)=O)C(=O)CNC(=O)OC)[nH]3)cc2)cc1.CCC.CCC. The predicted octanol–water partition coefficient (Wildman–Crippen LogP) is 7.15. The van der Waals surface area contributed by atoms with Gasteiger partial charge in [-0.3, -0.25) is 14.4 Å². The Balaban J connectivity index is -0.00000311. The molecular formula is C52H74N8O7. The Kier molecular flexibility index (Phi) is 37.9. The zero-order valence-corrected chi connectivity index (χ0v) is 41.5. The molecule has 0 spiro atoms. The summed E-state index contributed by atoms with van der Waals surface area (Å²) in [5.74, 6) is 6.32. The van der Waals surface area contributed by atoms with Gasteiger partial charge < -0.3 is 45.1 Å². The van der Waals surface area contributed by atoms with Crippen LogP contribution in [-0.2, 0) is 30.4 Å². The predicted molar refractivity (Wildman–Crippen MR) is 271 cm³/mol. The third-order valence-corrected chi connectivity index (χ3v) is 8.48. The molecule has 0 saturated carbocycles. The highest BCUT2D eigenvalue weighted by molar-refractivity contribution is 5.83. The molecule has 15 heteroatoms. The van der Waals surface area contributed by atoms with Crippen molar-refractivity contribution in [1.29, 1.82) is 0 Å². The number of aromatic nitrogens is 2. The maximum absolute atomic E-state index is 12.9. The summed E-state index contributed by atoms with van der Waals surface area (Å²) in [4.78, 5) is 72.7. The van der Waals surface area contributed by atoms with Crippen LogP contribution in [0, 0.1) is 50.4 Å². The van der Waals surface area contributed by atoms with Crippen LogP contribution in [0.2, 0.25) is 0 Å². The first kappa shape index (κ1) is 63.7. The monoisotopic (exact) mass is 923 g/mol. The minimum Gasteiger partial charge on any atom is -0.453 e. The number of hydrogen-bond acceptors (Lipinski definition) is 9. The van der Waals surface area contributed by atoms with E-state index in [9.17, 15) is 24.0 Å². The highest BCUT2D eigenvalue weighted by atomic mass is 16.5. The molecule has 0 aliphatic heterocycles. The summed E-state index contributed by atoms with van der Waals surface area (Å²) in [5.41, 5.74) is 5.23. The van der Waals surface area contributed by atoms with Gasteiger partial charge in [0.15, 0.2) is 0 Å². The second-order valence-corrected chi connectivity index (χ2v) is 14.1. The summed E-state index contributed by atoms with van der Waals surface area (Å²) in [6.07, 6.45) is 29.6. The smallest absolute Gasteiger partial charge is 0.407 e. The summed E-state index contributed by atoms with van der Waals surface area (Å²) in [7, 11) is 4.13. The van der Waals surface area contributed by atoms with Gasteiger partial charge in [0.1, 0.15) is 18.9 Å². The van der Waals surface area contributed by atoms with E-state index in [0.29, 0.717) is 25.5 Å². The molecule has 0 fully saturated rings. The molecule has 3 rings (SSSR count). The van der Waals surface area contributed by atoms with Gasteiger partial charge in [-0.2, -0.15) is 0 Å². The van der Waals surface area contributed by atoms with Gasteiger partial charge in [0.25, 0.3) is 0 Å². The van der Waals surface area contributed by atoms with Crippen molar-refractivity contribution < 1.29 is 33.4 Å². The normalized spacial score (nSPS) is 9.90. The van der Waals surface area contributed by atoms with Crippen LogP contribution in [0.3, 0.4) is 0 Å². The number of imidazole rings is 1. The summed E-state index contributed by atoms with van der Waals surface area (Å²) in [5, 5.41) is 8.35. The molecule has 0 saturated heterocycles. The summed E-state index contributed by atoms with van der Waals surface area (Å²) < 4.78 is 9.13. The molecule has 0 radical (unpaired) electrons. The number of amides is 5. The molecular weight excluding hydrogens is 849 g/mol. The molecule has 1 atom stereocenters. The highest BCUT2D eigenvalue weighted by Gasteiger charge is 2.19. The summed E-state index contributed by atoms with van der Waals surface area (Å²) in [6, 6.07) is 15.6. The Morgan fingerprint density at radius 3 is 1.64 bits per heavy atom. The number of rotatable bonds is 17. The Bertz CT molecular complexity index is 2010. The number of nitrogens with zero attached hydrogens (tertiary/aromatic N) is 4. The van der Waals surface area contributed by atoms with Crippen molar-refractivity contribution in [2.24, 2.45) is 0 Å². The Morgan fingerprint density at radius 2 is 1.21 bits per heavy atom. The van der Waals surface area contributed by atoms with Crippen LogP contribution in [0.5, 0.6) is 0 Å². The molecule has 0 aliphatic carbocycles. The van der Waals surface area contributed by atoms with E-state index < -0.39 is 12.2 Å². The van der Waals surface area contributed by atoms with E-state index in [-0.39, 0.29) is 49.9 Å². The number of carbonyl (C=O) groups excluding carboxylic acids is 5. The molecule has 1 unspecified atom stereocenters. The van der Waals surface area contributed by atoms with Crippen LogP contribution in [0.1, 0.15) is 97.2 Å². The van der Waals surface area contributed by atoms with E-state index >= 15 is 0 Å². The topological polar surface area (TPSA) is 178 Å². The van der Waals surface area contributed by atoms with Gasteiger partial charge in [-0.05, 0) is 55.7 Å². The number of ether oxygens (including phenoxy) is 2. The number of hydrogen-bond donors (Lipinski definition) is 4. The van der Waals surface area contributed by atoms with Crippen LogP contribution >= 0.6 is 0 Å². The summed E-state index contributed by atoms with van der Waals surface area (Å²) in [6.45, 7) is 17.3. The maximum atomic E-state index is 12.9. The van der Waals surface area contributed by atoms with Crippen molar-refractivity contribution in [3.63, 3.8) is 0 Å². The average Bonchev–Trinajstić information content (AvgIpc) is 3.83. The van der Waals surface area contributed by atoms with Crippen LogP contribution in [0.25, 0.3) is 17.0 Å². The number of methoxy groups -OCH3 is 2. The lowest BCUT2D eigenvalue weighted by Crippen LogP contribution is -2.46. The minimum atomic E-state index is -0.713. The third-order valence-electron chi connectivity index (χ3n) is 8.48. The number of nitrogens with one attached hydrogen (secondary N) is 4. The zero-order valence-electron chi connectivity index (χ0n) is 41.5. The second kappa shape index (κ2) is 39.9. The zero-order chi connectivity index (χ0) is 51.7. The first-order chi connectivity index (χ1) is 32.2. The van der Waals surface area contributed by atoms with Crippen LogP contribution in [-0.4, -0.2) is 121 Å². The number of alkyl carbamates (subject to hydrolysis) is 2. The maximum Gasteiger partial charge on any atom is 0.407 e. The fraction of sp³-hybridized carbons (Fsp3) is 0.423. The van der Waals surface area contributed by atoms with Crippen molar-refractivity contribution in [1.82, 2.24) is 40.6 Å². The summed E-state index contributed by atoms with van der Waals surface area (Å²) >= 11 is 0. The molecule has 3 aromatic rings. The van der Waals surface area contributed by atoms with E-state index in [1.165, 1.54) is 43.8 Å². The van der Waals surface area contributed by atoms with E-state index in [0.717, 1.165) is 40.1 Å². The van der Waals surface area contributed by atoms with Gasteiger partial charge in [-0.25, -0.2) is 14.6 Å². The van der Waals surface area contributed by atoms with Crippen molar-refractivity contribution in [3.8, 4) is 61.6 Å². The average molecular weight is 923 g/mol. The Hall–Kier alpha value is -7.62. The number of aromatic amines is 1. The van der Waals surface area contributed by atoms with Crippen LogP contribution < -0.4 is 16.0 Å². The molecule has 67 heavy (non-hydrogen) atoms. The van der Waals surface area contributed by atoms with Gasteiger partial charge in [0.2, 0.25) is 17.7 Å². The van der Waals surface area contributed by atoms with Crippen LogP contribution in [0.15, 0.2) is 60.8 Å². The van der Waals surface area contributed by atoms with Crippen molar-refractivity contribution in [2.75, 3.05) is 60.5 Å². The molecule has 4 N–H and O–H groups in total. The molecule has 0 bridgehead atoms. The Morgan fingerprint density at radius 1 is 0.746 bits per heavy atom. The molecule has 1 heterocycles. The lowest BCUT2D eigenvalue weighted by atomic mass is 10.1. The van der Waals surface area contributed by atoms with E-state index in [2.05, 4.69) is 113 Å². The van der Waals surface area contributed by atoms with Gasteiger partial charge >= 0.3 is 12.2 Å². The quantitative estimate of drug-likeness (QED) is 0.102. The fourth-order valence-corrected chi connectivity index (χ4v) is 5.33. The first-order valence-corrected chi connectivity index (χ1v) is 21.8. The number of benzene rings is 2. The van der Waals surface area contributed by atoms with Crippen molar-refractivity contribution in [3.05, 3.63) is 83.3 Å². The second-order valence-electron chi connectivity index (χ2n) is 14.1. The molecule has 2 aromatic carbocycles. The number of carbonyl (C=O) groups is 5. The van der Waals surface area contributed by atoms with Gasteiger partial charge in [0, 0.05) is 63.0 Å². The minimum absolute atomic E-state index is 0.0535. The lowest BCUT2D eigenvalue weighted by molar-refractivity contribution is -0.133. The van der Waals surface area contributed by atoms with E-state index in [1.54, 1.807) is 18.1 Å². The number of terminal acetylenes is 3. The van der Waals surface area contributed by atoms with E-state index in [1.807, 2.05) is 75.4 Å². The van der Waals surface area contributed by atoms with Crippen molar-refractivity contribution >= 4 is 35.6 Å². The lowest BCUT2D eigenvalue weighted by Gasteiger charge is -2.27. The third kappa shape index (κ3) is 27.3. The number of allylic oxidation sites excluding steroid dienone is 1. The largest absolute Gasteiger partial charge is 0.453 e. The first-order valence-electron chi connectivity index (χ1n) is 21.8.